The second-order valence-corrected chi connectivity index (χ2v) is 8.39. The molecule has 0 bridgehead atoms. The Morgan fingerprint density at radius 3 is 2.59 bits per heavy atom. The van der Waals surface area contributed by atoms with Gasteiger partial charge in [0.1, 0.15) is 11.6 Å². The van der Waals surface area contributed by atoms with E-state index in [0.29, 0.717) is 49.2 Å². The molecule has 2 saturated heterocycles. The number of nitrogens with zero attached hydrogens (tertiary/aromatic N) is 6. The lowest BCUT2D eigenvalue weighted by atomic mass is 10.1. The van der Waals surface area contributed by atoms with Gasteiger partial charge in [0.15, 0.2) is 5.82 Å². The van der Waals surface area contributed by atoms with Crippen LogP contribution in [0.25, 0.3) is 17.0 Å². The average molecular weight is 444 g/mol. The van der Waals surface area contributed by atoms with Crippen molar-refractivity contribution < 1.29 is 13.5 Å². The smallest absolute Gasteiger partial charge is 0.296 e. The molecular weight excluding hydrogens is 416 g/mol. The molecule has 5 rings (SSSR count). The van der Waals surface area contributed by atoms with Crippen molar-refractivity contribution >= 4 is 22.7 Å². The van der Waals surface area contributed by atoms with Crippen LogP contribution in [0.15, 0.2) is 30.3 Å². The molecule has 2 aromatic heterocycles. The molecule has 2 atom stereocenters. The minimum Gasteiger partial charge on any atom is -0.378 e. The summed E-state index contributed by atoms with van der Waals surface area (Å²) < 4.78 is 34.9. The zero-order valence-corrected chi connectivity index (χ0v) is 18.2. The minimum atomic E-state index is -2.75. The second-order valence-electron chi connectivity index (χ2n) is 8.39. The minimum absolute atomic E-state index is 0.209. The average Bonchev–Trinajstić information content (AvgIpc) is 3.21. The molecule has 2 aliphatic heterocycles. The van der Waals surface area contributed by atoms with Crippen LogP contribution in [-0.2, 0) is 4.74 Å². The number of para-hydroxylation sites is 2. The Kier molecular flexibility index (Phi) is 5.64. The highest BCUT2D eigenvalue weighted by molar-refractivity contribution is 5.78. The fourth-order valence-corrected chi connectivity index (χ4v) is 4.35. The molecule has 10 heteroatoms. The van der Waals surface area contributed by atoms with Crippen molar-refractivity contribution in [3.63, 3.8) is 0 Å². The summed E-state index contributed by atoms with van der Waals surface area (Å²) in [5, 5.41) is 3.47. The zero-order valence-electron chi connectivity index (χ0n) is 18.2. The van der Waals surface area contributed by atoms with Crippen molar-refractivity contribution in [3.8, 4) is 5.95 Å². The summed E-state index contributed by atoms with van der Waals surface area (Å²) in [6, 6.07) is 9.56. The maximum absolute atomic E-state index is 14.0. The Morgan fingerprint density at radius 1 is 1.06 bits per heavy atom. The van der Waals surface area contributed by atoms with Crippen LogP contribution in [0.4, 0.5) is 20.4 Å². The number of hydrogen-bond acceptors (Lipinski definition) is 7. The second kappa shape index (κ2) is 8.59. The highest BCUT2D eigenvalue weighted by atomic mass is 19.3. The summed E-state index contributed by atoms with van der Waals surface area (Å²) in [6.07, 6.45) is -2.75. The fourth-order valence-electron chi connectivity index (χ4n) is 4.35. The number of piperazine rings is 1. The lowest BCUT2D eigenvalue weighted by Crippen LogP contribution is -2.54. The van der Waals surface area contributed by atoms with Crippen molar-refractivity contribution in [2.75, 3.05) is 49.2 Å². The Morgan fingerprint density at radius 2 is 1.81 bits per heavy atom. The first-order valence-corrected chi connectivity index (χ1v) is 11.0. The third-order valence-electron chi connectivity index (χ3n) is 6.06. The largest absolute Gasteiger partial charge is 0.378 e. The van der Waals surface area contributed by atoms with Gasteiger partial charge in [-0.1, -0.05) is 12.1 Å². The molecule has 1 N–H and O–H groups in total. The van der Waals surface area contributed by atoms with E-state index in [1.807, 2.05) is 12.1 Å². The highest BCUT2D eigenvalue weighted by Crippen LogP contribution is 2.30. The number of nitrogens with one attached hydrogen (secondary N) is 1. The van der Waals surface area contributed by atoms with E-state index in [9.17, 15) is 8.78 Å². The fraction of sp³-hybridized carbons (Fsp3) is 0.500. The molecular formula is C22H27F2N7O. The number of aromatic nitrogens is 4. The Balaban J connectivity index is 1.68. The number of fused-ring (bicyclic) bond motifs is 1. The number of anilines is 2. The predicted octanol–water partition coefficient (Wildman–Crippen LogP) is 2.78. The number of hydrogen-bond donors (Lipinski definition) is 1. The van der Waals surface area contributed by atoms with Crippen molar-refractivity contribution in [3.05, 3.63) is 36.2 Å². The standard InChI is InChI=1S/C22H27F2N7O/c1-14-13-30(15(2)12-25-14)19-11-18(29-7-9-32-10-8-29)27-22(28-19)31-17-6-4-3-5-16(17)26-21(31)20(23)24/h3-6,11,14-15,20,25H,7-10,12-13H2,1-2H3. The molecule has 8 nitrogen and oxygen atoms in total. The predicted molar refractivity (Wildman–Crippen MR) is 119 cm³/mol. The van der Waals surface area contributed by atoms with E-state index in [4.69, 9.17) is 14.7 Å². The van der Waals surface area contributed by atoms with Crippen LogP contribution in [0.3, 0.4) is 0 Å². The van der Waals surface area contributed by atoms with Gasteiger partial charge in [0.25, 0.3) is 6.43 Å². The van der Waals surface area contributed by atoms with E-state index in [1.54, 1.807) is 18.2 Å². The third kappa shape index (κ3) is 3.88. The van der Waals surface area contributed by atoms with Gasteiger partial charge in [-0.3, -0.25) is 4.57 Å². The number of halogens is 2. The quantitative estimate of drug-likeness (QED) is 0.665. The van der Waals surface area contributed by atoms with Gasteiger partial charge < -0.3 is 19.9 Å². The Hall–Kier alpha value is -2.85. The molecule has 3 aromatic rings. The molecule has 32 heavy (non-hydrogen) atoms. The number of imidazole rings is 1. The van der Waals surface area contributed by atoms with Crippen LogP contribution < -0.4 is 15.1 Å². The van der Waals surface area contributed by atoms with Gasteiger partial charge in [0.2, 0.25) is 5.95 Å². The van der Waals surface area contributed by atoms with Crippen LogP contribution in [0.5, 0.6) is 0 Å². The first-order chi connectivity index (χ1) is 15.5. The van der Waals surface area contributed by atoms with Crippen molar-refractivity contribution in [1.29, 1.82) is 0 Å². The Labute approximate surface area is 185 Å². The zero-order chi connectivity index (χ0) is 22.2. The maximum atomic E-state index is 14.0. The number of alkyl halides is 2. The first-order valence-electron chi connectivity index (χ1n) is 11.0. The summed E-state index contributed by atoms with van der Waals surface area (Å²) in [5.41, 5.74) is 1.06. The van der Waals surface area contributed by atoms with E-state index in [-0.39, 0.29) is 17.8 Å². The molecule has 0 amide bonds. The van der Waals surface area contributed by atoms with E-state index in [1.165, 1.54) is 4.57 Å². The highest BCUT2D eigenvalue weighted by Gasteiger charge is 2.28. The molecule has 0 aliphatic carbocycles. The summed E-state index contributed by atoms with van der Waals surface area (Å²) >= 11 is 0. The third-order valence-corrected chi connectivity index (χ3v) is 6.06. The molecule has 2 fully saturated rings. The van der Waals surface area contributed by atoms with Gasteiger partial charge in [-0.15, -0.1) is 0 Å². The topological polar surface area (TPSA) is 71.3 Å². The van der Waals surface area contributed by atoms with Crippen LogP contribution in [-0.4, -0.2) is 71.0 Å². The number of rotatable bonds is 4. The van der Waals surface area contributed by atoms with Gasteiger partial charge in [-0.25, -0.2) is 13.8 Å². The van der Waals surface area contributed by atoms with Gasteiger partial charge in [0.05, 0.1) is 24.2 Å². The van der Waals surface area contributed by atoms with Crippen molar-refractivity contribution in [1.82, 2.24) is 24.8 Å². The number of ether oxygens (including phenoxy) is 1. The summed E-state index contributed by atoms with van der Waals surface area (Å²) in [6.45, 7) is 8.44. The van der Waals surface area contributed by atoms with Gasteiger partial charge in [0, 0.05) is 44.3 Å². The number of morpholine rings is 1. The van der Waals surface area contributed by atoms with Gasteiger partial charge in [-0.05, 0) is 26.0 Å². The molecule has 2 aliphatic rings. The first kappa shape index (κ1) is 21.0. The lowest BCUT2D eigenvalue weighted by molar-refractivity contribution is 0.122. The Bertz CT molecular complexity index is 1100. The molecule has 0 saturated carbocycles. The van der Waals surface area contributed by atoms with Crippen molar-refractivity contribution in [2.24, 2.45) is 0 Å². The lowest BCUT2D eigenvalue weighted by Gasteiger charge is -2.39. The van der Waals surface area contributed by atoms with Crippen LogP contribution in [0.1, 0.15) is 26.1 Å². The van der Waals surface area contributed by atoms with E-state index in [2.05, 4.69) is 33.9 Å². The normalized spacial score (nSPS) is 22.2. The van der Waals surface area contributed by atoms with Crippen LogP contribution >= 0.6 is 0 Å². The molecule has 0 spiro atoms. The summed E-state index contributed by atoms with van der Waals surface area (Å²) in [7, 11) is 0. The van der Waals surface area contributed by atoms with E-state index < -0.39 is 6.43 Å². The molecule has 1 aromatic carbocycles. The van der Waals surface area contributed by atoms with Crippen LogP contribution in [0, 0.1) is 0 Å². The van der Waals surface area contributed by atoms with Gasteiger partial charge >= 0.3 is 0 Å². The molecule has 4 heterocycles. The summed E-state index contributed by atoms with van der Waals surface area (Å²) in [4.78, 5) is 18.0. The molecule has 170 valence electrons. The SMILES string of the molecule is CC1CN(c2cc(N3CCOCC3)nc(-n3c(C(F)F)nc4ccccc43)n2)C(C)CN1. The summed E-state index contributed by atoms with van der Waals surface area (Å²) in [5.74, 6) is 1.31. The van der Waals surface area contributed by atoms with E-state index in [0.717, 1.165) is 18.9 Å². The van der Waals surface area contributed by atoms with E-state index >= 15 is 0 Å². The molecule has 0 radical (unpaired) electrons. The van der Waals surface area contributed by atoms with Crippen molar-refractivity contribution in [2.45, 2.75) is 32.4 Å². The number of benzene rings is 1. The molecule has 2 unspecified atom stereocenters. The maximum Gasteiger partial charge on any atom is 0.296 e. The monoisotopic (exact) mass is 443 g/mol. The van der Waals surface area contributed by atoms with Gasteiger partial charge in [-0.2, -0.15) is 9.97 Å². The van der Waals surface area contributed by atoms with Crippen LogP contribution in [0.2, 0.25) is 0 Å².